The van der Waals surface area contributed by atoms with Crippen molar-refractivity contribution in [1.29, 1.82) is 0 Å². The van der Waals surface area contributed by atoms with Crippen LogP contribution >= 0.6 is 0 Å². The van der Waals surface area contributed by atoms with E-state index in [2.05, 4.69) is 5.32 Å². The maximum Gasteiger partial charge on any atom is 0.416 e. The molecule has 0 aliphatic carbocycles. The predicted octanol–water partition coefficient (Wildman–Crippen LogP) is 4.11. The van der Waals surface area contributed by atoms with Crippen LogP contribution in [0.4, 0.5) is 13.2 Å². The van der Waals surface area contributed by atoms with Gasteiger partial charge in [0, 0.05) is 5.56 Å². The third-order valence-corrected chi connectivity index (χ3v) is 4.07. The first-order valence-corrected chi connectivity index (χ1v) is 8.23. The van der Waals surface area contributed by atoms with Gasteiger partial charge in [0.1, 0.15) is 5.70 Å². The Morgan fingerprint density at radius 3 is 2.14 bits per heavy atom. The number of fused-ring (bicyclic) bond motifs is 1. The fourth-order valence-corrected chi connectivity index (χ4v) is 2.64. The van der Waals surface area contributed by atoms with E-state index in [0.717, 1.165) is 35.0 Å². The van der Waals surface area contributed by atoms with Crippen molar-refractivity contribution in [1.82, 2.24) is 5.32 Å². The largest absolute Gasteiger partial charge is 0.416 e. The smallest absolute Gasteiger partial charge is 0.364 e. The molecule has 4 nitrogen and oxygen atoms in total. The van der Waals surface area contributed by atoms with E-state index in [4.69, 9.17) is 5.73 Å². The molecule has 3 N–H and O–H groups in total. The second-order valence-corrected chi connectivity index (χ2v) is 6.06. The molecule has 0 aliphatic rings. The summed E-state index contributed by atoms with van der Waals surface area (Å²) < 4.78 is 37.9. The Hall–Kier alpha value is -3.61. The number of carbonyl (C=O) groups is 2. The van der Waals surface area contributed by atoms with Crippen LogP contribution in [0.15, 0.2) is 72.4 Å². The van der Waals surface area contributed by atoms with Gasteiger partial charge in [-0.15, -0.1) is 0 Å². The van der Waals surface area contributed by atoms with Crippen molar-refractivity contribution in [2.24, 2.45) is 5.73 Å². The van der Waals surface area contributed by atoms with Crippen LogP contribution < -0.4 is 11.1 Å². The molecule has 142 valence electrons. The summed E-state index contributed by atoms with van der Waals surface area (Å²) in [7, 11) is 0. The Labute approximate surface area is 158 Å². The van der Waals surface area contributed by atoms with Gasteiger partial charge in [-0.25, -0.2) is 0 Å². The summed E-state index contributed by atoms with van der Waals surface area (Å²) in [6, 6.07) is 16.7. The van der Waals surface area contributed by atoms with Crippen molar-refractivity contribution < 1.29 is 22.8 Å². The molecule has 0 bridgehead atoms. The minimum absolute atomic E-state index is 0.0290. The highest BCUT2D eigenvalue weighted by atomic mass is 19.4. The number of rotatable bonds is 4. The summed E-state index contributed by atoms with van der Waals surface area (Å²) in [5, 5.41) is 4.30. The van der Waals surface area contributed by atoms with Crippen molar-refractivity contribution in [3.05, 3.63) is 89.1 Å². The van der Waals surface area contributed by atoms with Gasteiger partial charge in [-0.05, 0) is 52.7 Å². The molecular weight excluding hydrogens is 369 g/mol. The van der Waals surface area contributed by atoms with Gasteiger partial charge in [0.25, 0.3) is 11.8 Å². The number of benzene rings is 3. The zero-order valence-corrected chi connectivity index (χ0v) is 14.5. The molecule has 0 atom stereocenters. The second kappa shape index (κ2) is 7.56. The van der Waals surface area contributed by atoms with Gasteiger partial charge < -0.3 is 11.1 Å². The third kappa shape index (κ3) is 4.37. The van der Waals surface area contributed by atoms with Gasteiger partial charge >= 0.3 is 6.18 Å². The zero-order valence-electron chi connectivity index (χ0n) is 14.5. The average molecular weight is 384 g/mol. The summed E-state index contributed by atoms with van der Waals surface area (Å²) in [6.45, 7) is 0. The second-order valence-electron chi connectivity index (χ2n) is 6.06. The van der Waals surface area contributed by atoms with Crippen LogP contribution in [-0.4, -0.2) is 11.8 Å². The molecule has 0 radical (unpaired) electrons. The minimum Gasteiger partial charge on any atom is -0.364 e. The summed E-state index contributed by atoms with van der Waals surface area (Å²) in [5.74, 6) is -1.60. The first-order chi connectivity index (χ1) is 13.2. The lowest BCUT2D eigenvalue weighted by atomic mass is 10.1. The van der Waals surface area contributed by atoms with Crippen LogP contribution in [0.5, 0.6) is 0 Å². The fraction of sp³-hybridized carbons (Fsp3) is 0.0476. The lowest BCUT2D eigenvalue weighted by Crippen LogP contribution is -2.31. The molecule has 0 fully saturated rings. The molecule has 0 heterocycles. The summed E-state index contributed by atoms with van der Waals surface area (Å²) >= 11 is 0. The molecule has 2 amide bonds. The first kappa shape index (κ1) is 19.2. The van der Waals surface area contributed by atoms with Crippen LogP contribution in [0.3, 0.4) is 0 Å². The number of hydrogen-bond acceptors (Lipinski definition) is 2. The van der Waals surface area contributed by atoms with Crippen LogP contribution in [0, 0.1) is 0 Å². The van der Waals surface area contributed by atoms with Crippen molar-refractivity contribution in [3.63, 3.8) is 0 Å². The van der Waals surface area contributed by atoms with Crippen molar-refractivity contribution in [3.8, 4) is 0 Å². The Bertz CT molecular complexity index is 1070. The summed E-state index contributed by atoms with van der Waals surface area (Å²) in [6.07, 6.45) is -3.08. The highest BCUT2D eigenvalue weighted by Crippen LogP contribution is 2.29. The van der Waals surface area contributed by atoms with Gasteiger partial charge in [-0.1, -0.05) is 36.4 Å². The van der Waals surface area contributed by atoms with Crippen LogP contribution in [-0.2, 0) is 11.0 Å². The molecule has 3 rings (SSSR count). The van der Waals surface area contributed by atoms with Gasteiger partial charge in [-0.3, -0.25) is 9.59 Å². The fourth-order valence-electron chi connectivity index (χ4n) is 2.64. The molecule has 0 saturated heterocycles. The minimum atomic E-state index is -4.50. The van der Waals surface area contributed by atoms with E-state index in [-0.39, 0.29) is 11.3 Å². The first-order valence-electron chi connectivity index (χ1n) is 8.23. The lowest BCUT2D eigenvalue weighted by molar-refractivity contribution is -0.137. The Balaban J connectivity index is 1.84. The number of nitrogens with one attached hydrogen (secondary N) is 1. The maximum atomic E-state index is 12.6. The number of carbonyl (C=O) groups excluding carboxylic acids is 2. The maximum absolute atomic E-state index is 12.6. The molecule has 7 heteroatoms. The quantitative estimate of drug-likeness (QED) is 0.665. The molecule has 28 heavy (non-hydrogen) atoms. The van der Waals surface area contributed by atoms with Crippen LogP contribution in [0.1, 0.15) is 21.5 Å². The number of alkyl halides is 3. The van der Waals surface area contributed by atoms with E-state index in [9.17, 15) is 22.8 Å². The van der Waals surface area contributed by atoms with E-state index >= 15 is 0 Å². The number of halogens is 3. The highest BCUT2D eigenvalue weighted by Gasteiger charge is 2.30. The van der Waals surface area contributed by atoms with Crippen molar-refractivity contribution in [2.45, 2.75) is 6.18 Å². The normalized spacial score (nSPS) is 12.0. The number of primary amides is 1. The van der Waals surface area contributed by atoms with Crippen LogP contribution in [0.2, 0.25) is 0 Å². The molecular formula is C21H15F3N2O2. The number of amides is 2. The molecule has 3 aromatic carbocycles. The third-order valence-electron chi connectivity index (χ3n) is 4.07. The van der Waals surface area contributed by atoms with Gasteiger partial charge in [-0.2, -0.15) is 13.2 Å². The molecule has 0 spiro atoms. The van der Waals surface area contributed by atoms with Gasteiger partial charge in [0.05, 0.1) is 5.56 Å². The highest BCUT2D eigenvalue weighted by molar-refractivity contribution is 6.05. The van der Waals surface area contributed by atoms with Gasteiger partial charge in [0.2, 0.25) is 0 Å². The van der Waals surface area contributed by atoms with Crippen LogP contribution in [0.25, 0.3) is 16.8 Å². The van der Waals surface area contributed by atoms with E-state index in [1.807, 2.05) is 36.4 Å². The predicted molar refractivity (Wildman–Crippen MR) is 100 cm³/mol. The molecule has 0 unspecified atom stereocenters. The summed E-state index contributed by atoms with van der Waals surface area (Å²) in [4.78, 5) is 24.0. The van der Waals surface area contributed by atoms with E-state index < -0.39 is 23.6 Å². The number of nitrogens with two attached hydrogens (primary N) is 1. The topological polar surface area (TPSA) is 72.2 Å². The molecule has 0 aliphatic heterocycles. The lowest BCUT2D eigenvalue weighted by Gasteiger charge is -2.09. The number of hydrogen-bond donors (Lipinski definition) is 2. The SMILES string of the molecule is NC(=O)/C(=C\c1ccc2ccccc2c1)NC(=O)c1ccc(C(F)(F)F)cc1. The average Bonchev–Trinajstić information content (AvgIpc) is 2.66. The zero-order chi connectivity index (χ0) is 20.3. The molecule has 0 saturated carbocycles. The molecule has 3 aromatic rings. The van der Waals surface area contributed by atoms with Gasteiger partial charge in [0.15, 0.2) is 0 Å². The standard InChI is InChI=1S/C21H15F3N2O2/c22-21(23,24)17-9-7-15(8-10-17)20(28)26-18(19(25)27)12-13-5-6-14-3-1-2-4-16(14)11-13/h1-12H,(H2,25,27)(H,26,28)/b18-12+. The Kier molecular flexibility index (Phi) is 5.17. The molecule has 0 aromatic heterocycles. The Morgan fingerprint density at radius 1 is 0.893 bits per heavy atom. The van der Waals surface area contributed by atoms with E-state index in [1.54, 1.807) is 6.07 Å². The van der Waals surface area contributed by atoms with Crippen molar-refractivity contribution in [2.75, 3.05) is 0 Å². The monoisotopic (exact) mass is 384 g/mol. The van der Waals surface area contributed by atoms with E-state index in [0.29, 0.717) is 5.56 Å². The Morgan fingerprint density at radius 2 is 1.54 bits per heavy atom. The summed E-state index contributed by atoms with van der Waals surface area (Å²) in [5.41, 5.74) is 4.91. The van der Waals surface area contributed by atoms with E-state index in [1.165, 1.54) is 6.08 Å². The van der Waals surface area contributed by atoms with Crippen molar-refractivity contribution >= 4 is 28.7 Å².